The van der Waals surface area contributed by atoms with Crippen LogP contribution in [0.4, 0.5) is 4.39 Å². The molecule has 2 aromatic carbocycles. The van der Waals surface area contributed by atoms with Gasteiger partial charge in [0.15, 0.2) is 0 Å². The van der Waals surface area contributed by atoms with Crippen molar-refractivity contribution >= 4 is 17.5 Å². The molecule has 1 aliphatic heterocycles. The molecular weight excluding hydrogens is 379 g/mol. The minimum atomic E-state index is -0.280. The summed E-state index contributed by atoms with van der Waals surface area (Å²) in [6.45, 7) is 3.92. The minimum Gasteiger partial charge on any atom is -0.496 e. The third-order valence-corrected chi connectivity index (χ3v) is 5.72. The van der Waals surface area contributed by atoms with E-state index in [9.17, 15) is 9.18 Å². The number of carbonyl (C=O) groups is 1. The zero-order valence-electron chi connectivity index (χ0n) is 16.3. The van der Waals surface area contributed by atoms with Crippen LogP contribution in [0.15, 0.2) is 42.5 Å². The Kier molecular flexibility index (Phi) is 6.92. The first-order valence-electron chi connectivity index (χ1n) is 9.58. The number of likely N-dealkylation sites (tertiary alicyclic amines) is 1. The first-order chi connectivity index (χ1) is 13.5. The molecule has 4 nitrogen and oxygen atoms in total. The Balaban J connectivity index is 1.54. The van der Waals surface area contributed by atoms with Gasteiger partial charge in [0.05, 0.1) is 13.2 Å². The van der Waals surface area contributed by atoms with Gasteiger partial charge in [0, 0.05) is 28.6 Å². The van der Waals surface area contributed by atoms with Crippen LogP contribution in [0.3, 0.4) is 0 Å². The topological polar surface area (TPSA) is 41.6 Å². The van der Waals surface area contributed by atoms with Crippen LogP contribution in [0, 0.1) is 11.7 Å². The fourth-order valence-electron chi connectivity index (χ4n) is 3.69. The molecule has 2 aromatic rings. The molecule has 0 radical (unpaired) electrons. The van der Waals surface area contributed by atoms with E-state index in [2.05, 4.69) is 10.2 Å². The highest BCUT2D eigenvalue weighted by atomic mass is 35.5. The number of benzene rings is 2. The quantitative estimate of drug-likeness (QED) is 0.766. The maximum absolute atomic E-state index is 14.0. The van der Waals surface area contributed by atoms with E-state index in [-0.39, 0.29) is 23.7 Å². The molecule has 0 aromatic heterocycles. The number of para-hydroxylation sites is 1. The molecule has 1 heterocycles. The van der Waals surface area contributed by atoms with Crippen LogP contribution in [0.1, 0.15) is 36.9 Å². The molecule has 1 aliphatic rings. The Labute approximate surface area is 170 Å². The first-order valence-corrected chi connectivity index (χ1v) is 9.96. The lowest BCUT2D eigenvalue weighted by Crippen LogP contribution is -2.41. The highest BCUT2D eigenvalue weighted by molar-refractivity contribution is 6.31. The number of nitrogens with one attached hydrogen (secondary N) is 1. The van der Waals surface area contributed by atoms with Crippen molar-refractivity contribution < 1.29 is 13.9 Å². The number of ether oxygens (including phenoxy) is 1. The summed E-state index contributed by atoms with van der Waals surface area (Å²) in [6, 6.07) is 12.3. The Hall–Kier alpha value is -2.11. The molecule has 1 saturated heterocycles. The molecule has 0 aliphatic carbocycles. The summed E-state index contributed by atoms with van der Waals surface area (Å²) in [7, 11) is 1.63. The van der Waals surface area contributed by atoms with Crippen LogP contribution >= 0.6 is 11.6 Å². The van der Waals surface area contributed by atoms with Crippen molar-refractivity contribution in [1.82, 2.24) is 10.2 Å². The predicted molar refractivity (Wildman–Crippen MR) is 109 cm³/mol. The maximum Gasteiger partial charge on any atom is 0.223 e. The van der Waals surface area contributed by atoms with E-state index in [0.29, 0.717) is 17.1 Å². The fourth-order valence-corrected chi connectivity index (χ4v) is 3.92. The second-order valence-corrected chi connectivity index (χ2v) is 7.63. The van der Waals surface area contributed by atoms with Crippen molar-refractivity contribution in [3.8, 4) is 5.75 Å². The summed E-state index contributed by atoms with van der Waals surface area (Å²) >= 11 is 6.13. The molecule has 1 amide bonds. The summed E-state index contributed by atoms with van der Waals surface area (Å²) < 4.78 is 19.4. The van der Waals surface area contributed by atoms with Crippen molar-refractivity contribution in [2.45, 2.75) is 32.4 Å². The van der Waals surface area contributed by atoms with Gasteiger partial charge in [-0.2, -0.15) is 0 Å². The summed E-state index contributed by atoms with van der Waals surface area (Å²) in [5, 5.41) is 3.55. The number of carbonyl (C=O) groups excluding carboxylic acids is 1. The van der Waals surface area contributed by atoms with E-state index in [0.717, 1.165) is 37.2 Å². The predicted octanol–water partition coefficient (Wildman–Crippen LogP) is 4.58. The van der Waals surface area contributed by atoms with Gasteiger partial charge >= 0.3 is 0 Å². The molecule has 0 unspecified atom stereocenters. The number of rotatable bonds is 6. The van der Waals surface area contributed by atoms with Gasteiger partial charge in [0.25, 0.3) is 0 Å². The highest BCUT2D eigenvalue weighted by Crippen LogP contribution is 2.27. The van der Waals surface area contributed by atoms with Gasteiger partial charge < -0.3 is 10.1 Å². The van der Waals surface area contributed by atoms with Crippen LogP contribution in [0.2, 0.25) is 5.02 Å². The van der Waals surface area contributed by atoms with Crippen molar-refractivity contribution in [1.29, 1.82) is 0 Å². The smallest absolute Gasteiger partial charge is 0.223 e. The van der Waals surface area contributed by atoms with E-state index in [1.165, 1.54) is 6.07 Å². The molecule has 0 spiro atoms. The number of hydrogen-bond acceptors (Lipinski definition) is 3. The number of halogens is 2. The Morgan fingerprint density at radius 1 is 1.25 bits per heavy atom. The summed E-state index contributed by atoms with van der Waals surface area (Å²) in [5.74, 6) is 0.511. The van der Waals surface area contributed by atoms with Crippen molar-refractivity contribution in [2.24, 2.45) is 5.92 Å². The molecular formula is C22H26ClFN2O2. The van der Waals surface area contributed by atoms with Gasteiger partial charge in [-0.25, -0.2) is 4.39 Å². The van der Waals surface area contributed by atoms with Crippen molar-refractivity contribution in [2.75, 3.05) is 20.2 Å². The van der Waals surface area contributed by atoms with Crippen LogP contribution < -0.4 is 10.1 Å². The van der Waals surface area contributed by atoms with E-state index in [1.54, 1.807) is 19.2 Å². The molecule has 1 fully saturated rings. The third kappa shape index (κ3) is 4.83. The molecule has 150 valence electrons. The first kappa shape index (κ1) is 20.6. The largest absolute Gasteiger partial charge is 0.496 e. The normalized spacial score (nSPS) is 16.6. The van der Waals surface area contributed by atoms with Gasteiger partial charge in [-0.15, -0.1) is 0 Å². The summed E-state index contributed by atoms with van der Waals surface area (Å²) in [4.78, 5) is 14.9. The van der Waals surface area contributed by atoms with Crippen LogP contribution in [0.25, 0.3) is 0 Å². The van der Waals surface area contributed by atoms with E-state index in [1.807, 2.05) is 31.2 Å². The fraction of sp³-hybridized carbons (Fsp3) is 0.409. The van der Waals surface area contributed by atoms with Crippen LogP contribution in [0.5, 0.6) is 5.75 Å². The molecule has 28 heavy (non-hydrogen) atoms. The van der Waals surface area contributed by atoms with Crippen LogP contribution in [-0.2, 0) is 11.3 Å². The lowest BCUT2D eigenvalue weighted by molar-refractivity contribution is -0.127. The molecule has 1 atom stereocenters. The number of amides is 1. The highest BCUT2D eigenvalue weighted by Gasteiger charge is 2.27. The average molecular weight is 405 g/mol. The summed E-state index contributed by atoms with van der Waals surface area (Å²) in [6.07, 6.45) is 1.49. The van der Waals surface area contributed by atoms with Gasteiger partial charge in [0.2, 0.25) is 5.91 Å². The van der Waals surface area contributed by atoms with Gasteiger partial charge in [-0.1, -0.05) is 35.9 Å². The Bertz CT molecular complexity index is 802. The zero-order valence-corrected chi connectivity index (χ0v) is 17.0. The van der Waals surface area contributed by atoms with E-state index in [4.69, 9.17) is 16.3 Å². The molecule has 1 N–H and O–H groups in total. The lowest BCUT2D eigenvalue weighted by atomic mass is 9.94. The van der Waals surface area contributed by atoms with Crippen molar-refractivity contribution in [3.05, 3.63) is 64.4 Å². The second-order valence-electron chi connectivity index (χ2n) is 7.22. The molecule has 0 saturated carbocycles. The number of piperidine rings is 1. The average Bonchev–Trinajstić information content (AvgIpc) is 2.71. The monoisotopic (exact) mass is 404 g/mol. The summed E-state index contributed by atoms with van der Waals surface area (Å²) in [5.41, 5.74) is 1.49. The second kappa shape index (κ2) is 9.39. The SMILES string of the molecule is COc1ccccc1[C@H](C)NC(=O)C1CCN(Cc2c(F)cccc2Cl)CC1. The van der Waals surface area contributed by atoms with Gasteiger partial charge in [0.1, 0.15) is 11.6 Å². The standard InChI is InChI=1S/C22H26ClFN2O2/c1-15(17-6-3-4-9-21(17)28-2)25-22(27)16-10-12-26(13-11-16)14-18-19(23)7-5-8-20(18)24/h3-9,15-16H,10-14H2,1-2H3,(H,25,27)/t15-/m0/s1. The third-order valence-electron chi connectivity index (χ3n) is 5.37. The molecule has 6 heteroatoms. The lowest BCUT2D eigenvalue weighted by Gasteiger charge is -2.32. The minimum absolute atomic E-state index is 0.0375. The van der Waals surface area contributed by atoms with E-state index >= 15 is 0 Å². The Morgan fingerprint density at radius 2 is 1.96 bits per heavy atom. The van der Waals surface area contributed by atoms with Crippen molar-refractivity contribution in [3.63, 3.8) is 0 Å². The number of hydrogen-bond donors (Lipinski definition) is 1. The van der Waals surface area contributed by atoms with E-state index < -0.39 is 0 Å². The molecule has 0 bridgehead atoms. The van der Waals surface area contributed by atoms with Crippen LogP contribution in [-0.4, -0.2) is 31.0 Å². The number of nitrogens with zero attached hydrogens (tertiary/aromatic N) is 1. The van der Waals surface area contributed by atoms with Gasteiger partial charge in [-0.05, 0) is 51.1 Å². The maximum atomic E-state index is 14.0. The number of methoxy groups -OCH3 is 1. The van der Waals surface area contributed by atoms with Gasteiger partial charge in [-0.3, -0.25) is 9.69 Å². The molecule has 3 rings (SSSR count). The Morgan fingerprint density at radius 3 is 2.64 bits per heavy atom. The zero-order chi connectivity index (χ0) is 20.1.